The molecule has 1 aliphatic heterocycles. The molecule has 0 aromatic carbocycles. The van der Waals surface area contributed by atoms with Gasteiger partial charge in [-0.25, -0.2) is 0 Å². The Hall–Kier alpha value is -0.0800. The molecule has 1 saturated carbocycles. The van der Waals surface area contributed by atoms with E-state index >= 15 is 0 Å². The van der Waals surface area contributed by atoms with Gasteiger partial charge in [0, 0.05) is 25.7 Å². The number of nitrogens with one attached hydrogen (secondary N) is 2. The second-order valence-corrected chi connectivity index (χ2v) is 4.40. The van der Waals surface area contributed by atoms with Crippen LogP contribution in [0.1, 0.15) is 26.2 Å². The first-order valence-electron chi connectivity index (χ1n) is 4.73. The Kier molecular flexibility index (Phi) is 1.90. The van der Waals surface area contributed by atoms with Crippen molar-refractivity contribution in [2.24, 2.45) is 5.41 Å². The third-order valence-electron chi connectivity index (χ3n) is 3.16. The van der Waals surface area contributed by atoms with Crippen molar-refractivity contribution in [3.8, 4) is 0 Å². The fourth-order valence-corrected chi connectivity index (χ4v) is 1.78. The highest BCUT2D eigenvalue weighted by atomic mass is 15.1. The van der Waals surface area contributed by atoms with Gasteiger partial charge in [0.2, 0.25) is 0 Å². The zero-order chi connectivity index (χ0) is 7.73. The van der Waals surface area contributed by atoms with Crippen molar-refractivity contribution in [2.75, 3.05) is 19.6 Å². The molecule has 1 heterocycles. The van der Waals surface area contributed by atoms with Gasteiger partial charge in [-0.05, 0) is 18.3 Å². The van der Waals surface area contributed by atoms with Crippen LogP contribution in [0.4, 0.5) is 0 Å². The second kappa shape index (κ2) is 2.76. The van der Waals surface area contributed by atoms with E-state index in [1.54, 1.807) is 0 Å². The number of hydrogen-bond donors (Lipinski definition) is 2. The molecule has 1 saturated heterocycles. The van der Waals surface area contributed by atoms with Crippen molar-refractivity contribution in [2.45, 2.75) is 32.2 Å². The third kappa shape index (κ3) is 1.57. The lowest BCUT2D eigenvalue weighted by Crippen LogP contribution is -2.57. The minimum atomic E-state index is 0.648. The summed E-state index contributed by atoms with van der Waals surface area (Å²) in [7, 11) is 0. The Bertz CT molecular complexity index is 136. The molecule has 64 valence electrons. The van der Waals surface area contributed by atoms with Crippen molar-refractivity contribution in [1.82, 2.24) is 10.6 Å². The molecule has 2 nitrogen and oxygen atoms in total. The first-order valence-corrected chi connectivity index (χ1v) is 4.73. The lowest BCUT2D eigenvalue weighted by molar-refractivity contribution is 0.144. The topological polar surface area (TPSA) is 24.1 Å². The van der Waals surface area contributed by atoms with E-state index in [0.717, 1.165) is 6.04 Å². The van der Waals surface area contributed by atoms with E-state index in [-0.39, 0.29) is 0 Å². The SMILES string of the molecule is CC1(CNC2CNC2)CCC1. The third-order valence-corrected chi connectivity index (χ3v) is 3.16. The van der Waals surface area contributed by atoms with E-state index in [9.17, 15) is 0 Å². The van der Waals surface area contributed by atoms with Crippen LogP contribution in [0.25, 0.3) is 0 Å². The number of hydrogen-bond acceptors (Lipinski definition) is 2. The van der Waals surface area contributed by atoms with Gasteiger partial charge in [0.05, 0.1) is 0 Å². The first-order chi connectivity index (χ1) is 5.29. The molecule has 0 spiro atoms. The summed E-state index contributed by atoms with van der Waals surface area (Å²) in [6, 6.07) is 0.771. The predicted molar refractivity (Wildman–Crippen MR) is 46.6 cm³/mol. The lowest BCUT2D eigenvalue weighted by Gasteiger charge is -2.41. The maximum Gasteiger partial charge on any atom is 0.0317 e. The summed E-state index contributed by atoms with van der Waals surface area (Å²) in [6.45, 7) is 5.99. The second-order valence-electron chi connectivity index (χ2n) is 4.40. The summed E-state index contributed by atoms with van der Waals surface area (Å²) in [5, 5.41) is 6.87. The van der Waals surface area contributed by atoms with E-state index in [1.807, 2.05) is 0 Å². The Morgan fingerprint density at radius 2 is 2.18 bits per heavy atom. The molecule has 2 rings (SSSR count). The molecule has 2 aliphatic rings. The molecule has 2 heteroatoms. The fourth-order valence-electron chi connectivity index (χ4n) is 1.78. The van der Waals surface area contributed by atoms with Crippen molar-refractivity contribution in [1.29, 1.82) is 0 Å². The zero-order valence-electron chi connectivity index (χ0n) is 7.32. The van der Waals surface area contributed by atoms with Crippen LogP contribution in [0.15, 0.2) is 0 Å². The molecular formula is C9H18N2. The molecule has 0 radical (unpaired) electrons. The fraction of sp³-hybridized carbons (Fsp3) is 1.00. The number of rotatable bonds is 3. The standard InChI is InChI=1S/C9H18N2/c1-9(3-2-4-9)7-11-8-5-10-6-8/h8,10-11H,2-7H2,1H3. The Labute approximate surface area is 68.7 Å². The minimum Gasteiger partial charge on any atom is -0.314 e. The van der Waals surface area contributed by atoms with Gasteiger partial charge in [-0.3, -0.25) is 0 Å². The van der Waals surface area contributed by atoms with Crippen LogP contribution in [-0.2, 0) is 0 Å². The van der Waals surface area contributed by atoms with Gasteiger partial charge in [-0.2, -0.15) is 0 Å². The van der Waals surface area contributed by atoms with Gasteiger partial charge in [-0.1, -0.05) is 13.3 Å². The van der Waals surface area contributed by atoms with E-state index in [1.165, 1.54) is 38.9 Å². The van der Waals surface area contributed by atoms with Gasteiger partial charge in [0.1, 0.15) is 0 Å². The molecule has 0 aromatic heterocycles. The van der Waals surface area contributed by atoms with Gasteiger partial charge >= 0.3 is 0 Å². The molecule has 0 bridgehead atoms. The molecular weight excluding hydrogens is 136 g/mol. The van der Waals surface area contributed by atoms with Crippen LogP contribution < -0.4 is 10.6 Å². The first kappa shape index (κ1) is 7.56. The van der Waals surface area contributed by atoms with E-state index in [0.29, 0.717) is 5.41 Å². The monoisotopic (exact) mass is 154 g/mol. The average molecular weight is 154 g/mol. The molecule has 1 aliphatic carbocycles. The van der Waals surface area contributed by atoms with Crippen LogP contribution in [-0.4, -0.2) is 25.7 Å². The van der Waals surface area contributed by atoms with Crippen LogP contribution in [0.3, 0.4) is 0 Å². The smallest absolute Gasteiger partial charge is 0.0317 e. The summed E-state index contributed by atoms with van der Waals surface area (Å²) < 4.78 is 0. The van der Waals surface area contributed by atoms with Gasteiger partial charge in [-0.15, -0.1) is 0 Å². The lowest BCUT2D eigenvalue weighted by atomic mass is 9.70. The van der Waals surface area contributed by atoms with E-state index in [2.05, 4.69) is 17.6 Å². The molecule has 2 fully saturated rings. The molecule has 0 amide bonds. The summed E-state index contributed by atoms with van der Waals surface area (Å²) in [4.78, 5) is 0. The summed E-state index contributed by atoms with van der Waals surface area (Å²) >= 11 is 0. The maximum absolute atomic E-state index is 3.60. The molecule has 11 heavy (non-hydrogen) atoms. The van der Waals surface area contributed by atoms with Crippen LogP contribution >= 0.6 is 0 Å². The normalized spacial score (nSPS) is 29.2. The van der Waals surface area contributed by atoms with Crippen molar-refractivity contribution >= 4 is 0 Å². The predicted octanol–water partition coefficient (Wildman–Crippen LogP) is 0.738. The molecule has 0 aromatic rings. The summed E-state index contributed by atoms with van der Waals surface area (Å²) in [5.74, 6) is 0. The Morgan fingerprint density at radius 3 is 2.55 bits per heavy atom. The largest absolute Gasteiger partial charge is 0.314 e. The minimum absolute atomic E-state index is 0.648. The highest BCUT2D eigenvalue weighted by Crippen LogP contribution is 2.39. The summed E-state index contributed by atoms with van der Waals surface area (Å²) in [5.41, 5.74) is 0.648. The molecule has 2 N–H and O–H groups in total. The molecule has 0 unspecified atom stereocenters. The Balaban J connectivity index is 1.64. The highest BCUT2D eigenvalue weighted by molar-refractivity contribution is 4.89. The maximum atomic E-state index is 3.60. The Morgan fingerprint density at radius 1 is 1.45 bits per heavy atom. The quantitative estimate of drug-likeness (QED) is 0.626. The van der Waals surface area contributed by atoms with Gasteiger partial charge in [0.25, 0.3) is 0 Å². The summed E-state index contributed by atoms with van der Waals surface area (Å²) in [6.07, 6.45) is 4.31. The van der Waals surface area contributed by atoms with Crippen LogP contribution in [0, 0.1) is 5.41 Å². The molecule has 0 atom stereocenters. The van der Waals surface area contributed by atoms with Crippen LogP contribution in [0.5, 0.6) is 0 Å². The van der Waals surface area contributed by atoms with E-state index in [4.69, 9.17) is 0 Å². The van der Waals surface area contributed by atoms with E-state index < -0.39 is 0 Å². The van der Waals surface area contributed by atoms with Gasteiger partial charge < -0.3 is 10.6 Å². The highest BCUT2D eigenvalue weighted by Gasteiger charge is 2.32. The van der Waals surface area contributed by atoms with Crippen molar-refractivity contribution in [3.05, 3.63) is 0 Å². The van der Waals surface area contributed by atoms with Crippen LogP contribution in [0.2, 0.25) is 0 Å². The van der Waals surface area contributed by atoms with Gasteiger partial charge in [0.15, 0.2) is 0 Å². The van der Waals surface area contributed by atoms with Crippen molar-refractivity contribution in [3.63, 3.8) is 0 Å². The zero-order valence-corrected chi connectivity index (χ0v) is 7.32. The average Bonchev–Trinajstić information content (AvgIpc) is 1.81. The van der Waals surface area contributed by atoms with Crippen molar-refractivity contribution < 1.29 is 0 Å².